The number of hydrogen-bond donors (Lipinski definition) is 0. The first-order valence-electron chi connectivity index (χ1n) is 21.9. The Bertz CT molecular complexity index is 3800. The third kappa shape index (κ3) is 5.56. The zero-order valence-electron chi connectivity index (χ0n) is 34.9. The standard InChI is InChI=1S/C60H40N4/c1-2-18-42(19-3-1)61(43-33-35-44(36-34-43)62-55-28-11-5-22-48(55)49-23-6-12-29-56(49)62)45-20-16-17-41(39-45)47-21-4-10-27-54(47)64-59-32-15-9-26-52(59)53-40-46(37-38-60(53)64)63-57-30-13-7-24-50(57)51-25-8-14-31-58(51)63/h1-40H. The smallest absolute Gasteiger partial charge is 0.0542 e. The van der Waals surface area contributed by atoms with Gasteiger partial charge < -0.3 is 18.6 Å². The molecule has 0 aliphatic rings. The number of benzene rings is 10. The van der Waals surface area contributed by atoms with Gasteiger partial charge in [-0.1, -0.05) is 140 Å². The first-order valence-corrected chi connectivity index (χ1v) is 21.9. The Morgan fingerprint density at radius 2 is 0.672 bits per heavy atom. The molecule has 0 N–H and O–H groups in total. The number of fused-ring (bicyclic) bond motifs is 9. The van der Waals surface area contributed by atoms with Crippen molar-refractivity contribution in [2.45, 2.75) is 0 Å². The molecule has 3 heterocycles. The first-order chi connectivity index (χ1) is 31.8. The van der Waals surface area contributed by atoms with Crippen LogP contribution in [-0.2, 0) is 0 Å². The molecule has 13 rings (SSSR count). The SMILES string of the molecule is c1ccc(N(c2ccc(-n3c4ccccc4c4ccccc43)cc2)c2cccc(-c3ccccc3-n3c4ccccc4c4cc(-n5c6ccccc6c6ccccc65)ccc43)c2)cc1. The molecule has 0 amide bonds. The van der Waals surface area contributed by atoms with E-state index in [1.807, 2.05) is 0 Å². The second kappa shape index (κ2) is 14.5. The zero-order valence-corrected chi connectivity index (χ0v) is 34.9. The Kier molecular flexibility index (Phi) is 8.18. The molecular formula is C60H40N4. The van der Waals surface area contributed by atoms with Crippen LogP contribution < -0.4 is 4.90 Å². The van der Waals surface area contributed by atoms with Crippen LogP contribution in [0.15, 0.2) is 243 Å². The molecule has 0 radical (unpaired) electrons. The second-order valence-corrected chi connectivity index (χ2v) is 16.5. The van der Waals surface area contributed by atoms with E-state index in [2.05, 4.69) is 261 Å². The Morgan fingerprint density at radius 3 is 1.27 bits per heavy atom. The van der Waals surface area contributed by atoms with Crippen molar-refractivity contribution in [1.82, 2.24) is 13.7 Å². The van der Waals surface area contributed by atoms with Crippen molar-refractivity contribution >= 4 is 82.5 Å². The third-order valence-electron chi connectivity index (χ3n) is 13.0. The van der Waals surface area contributed by atoms with Gasteiger partial charge in [0.05, 0.1) is 38.8 Å². The second-order valence-electron chi connectivity index (χ2n) is 16.5. The highest BCUT2D eigenvalue weighted by molar-refractivity contribution is 6.13. The molecule has 13 aromatic rings. The molecule has 0 spiro atoms. The Balaban J connectivity index is 0.938. The number of aromatic nitrogens is 3. The molecule has 0 saturated carbocycles. The minimum Gasteiger partial charge on any atom is -0.310 e. The molecule has 0 saturated heterocycles. The molecule has 0 fully saturated rings. The van der Waals surface area contributed by atoms with Crippen LogP contribution in [0.1, 0.15) is 0 Å². The first kappa shape index (κ1) is 36.1. The van der Waals surface area contributed by atoms with Crippen molar-refractivity contribution in [1.29, 1.82) is 0 Å². The summed E-state index contributed by atoms with van der Waals surface area (Å²) in [6.07, 6.45) is 0. The lowest BCUT2D eigenvalue weighted by molar-refractivity contribution is 1.17. The monoisotopic (exact) mass is 816 g/mol. The fraction of sp³-hybridized carbons (Fsp3) is 0. The Labute approximate surface area is 370 Å². The van der Waals surface area contributed by atoms with E-state index in [1.54, 1.807) is 0 Å². The molecule has 0 unspecified atom stereocenters. The molecule has 64 heavy (non-hydrogen) atoms. The van der Waals surface area contributed by atoms with Gasteiger partial charge in [0.25, 0.3) is 0 Å². The fourth-order valence-electron chi connectivity index (χ4n) is 10.3. The van der Waals surface area contributed by atoms with Crippen LogP contribution in [0.3, 0.4) is 0 Å². The summed E-state index contributed by atoms with van der Waals surface area (Å²) in [5, 5.41) is 7.49. The molecule has 10 aromatic carbocycles. The summed E-state index contributed by atoms with van der Waals surface area (Å²) in [5.41, 5.74) is 16.2. The van der Waals surface area contributed by atoms with Gasteiger partial charge in [0.15, 0.2) is 0 Å². The summed E-state index contributed by atoms with van der Waals surface area (Å²) >= 11 is 0. The quantitative estimate of drug-likeness (QED) is 0.157. The summed E-state index contributed by atoms with van der Waals surface area (Å²) < 4.78 is 7.23. The van der Waals surface area contributed by atoms with Crippen LogP contribution in [-0.4, -0.2) is 13.7 Å². The number of hydrogen-bond acceptors (Lipinski definition) is 1. The maximum Gasteiger partial charge on any atom is 0.0542 e. The van der Waals surface area contributed by atoms with E-state index in [-0.39, 0.29) is 0 Å². The molecule has 3 aromatic heterocycles. The normalized spacial score (nSPS) is 11.8. The summed E-state index contributed by atoms with van der Waals surface area (Å²) in [6, 6.07) is 88.1. The summed E-state index contributed by atoms with van der Waals surface area (Å²) in [6.45, 7) is 0. The molecule has 4 heteroatoms. The van der Waals surface area contributed by atoms with Gasteiger partial charge in [-0.3, -0.25) is 0 Å². The highest BCUT2D eigenvalue weighted by Gasteiger charge is 2.20. The van der Waals surface area contributed by atoms with Crippen LogP contribution >= 0.6 is 0 Å². The van der Waals surface area contributed by atoms with Crippen LogP contribution in [0.4, 0.5) is 17.1 Å². The van der Waals surface area contributed by atoms with Crippen molar-refractivity contribution in [2.75, 3.05) is 4.90 Å². The minimum absolute atomic E-state index is 1.08. The average molecular weight is 817 g/mol. The van der Waals surface area contributed by atoms with Gasteiger partial charge in [0, 0.05) is 66.3 Å². The number of rotatable bonds is 7. The molecule has 0 aliphatic heterocycles. The fourth-order valence-corrected chi connectivity index (χ4v) is 10.3. The predicted octanol–water partition coefficient (Wildman–Crippen LogP) is 16.1. The van der Waals surface area contributed by atoms with E-state index >= 15 is 0 Å². The van der Waals surface area contributed by atoms with E-state index in [0.29, 0.717) is 0 Å². The van der Waals surface area contributed by atoms with E-state index < -0.39 is 0 Å². The van der Waals surface area contributed by atoms with Crippen LogP contribution in [0.25, 0.3) is 93.6 Å². The molecule has 0 aliphatic carbocycles. The largest absolute Gasteiger partial charge is 0.310 e. The lowest BCUT2D eigenvalue weighted by Crippen LogP contribution is -2.10. The van der Waals surface area contributed by atoms with Gasteiger partial charge >= 0.3 is 0 Å². The number of para-hydroxylation sites is 7. The zero-order chi connectivity index (χ0) is 42.1. The van der Waals surface area contributed by atoms with Gasteiger partial charge in [-0.2, -0.15) is 0 Å². The lowest BCUT2D eigenvalue weighted by atomic mass is 10.0. The predicted molar refractivity (Wildman–Crippen MR) is 270 cm³/mol. The summed E-state index contributed by atoms with van der Waals surface area (Å²) in [4.78, 5) is 2.36. The number of anilines is 3. The highest BCUT2D eigenvalue weighted by atomic mass is 15.1. The third-order valence-corrected chi connectivity index (χ3v) is 13.0. The van der Waals surface area contributed by atoms with Crippen LogP contribution in [0.2, 0.25) is 0 Å². The van der Waals surface area contributed by atoms with Gasteiger partial charge in [0.2, 0.25) is 0 Å². The van der Waals surface area contributed by atoms with E-state index in [0.717, 1.165) is 45.3 Å². The summed E-state index contributed by atoms with van der Waals surface area (Å²) in [7, 11) is 0. The van der Waals surface area contributed by atoms with Crippen LogP contribution in [0.5, 0.6) is 0 Å². The van der Waals surface area contributed by atoms with Gasteiger partial charge in [-0.05, 0) is 109 Å². The van der Waals surface area contributed by atoms with Crippen LogP contribution in [0, 0.1) is 0 Å². The van der Waals surface area contributed by atoms with Crippen molar-refractivity contribution < 1.29 is 0 Å². The lowest BCUT2D eigenvalue weighted by Gasteiger charge is -2.26. The Hall–Kier alpha value is -8.60. The van der Waals surface area contributed by atoms with Crippen molar-refractivity contribution in [3.05, 3.63) is 243 Å². The van der Waals surface area contributed by atoms with Gasteiger partial charge in [-0.25, -0.2) is 0 Å². The van der Waals surface area contributed by atoms with Crippen molar-refractivity contribution in [2.24, 2.45) is 0 Å². The topological polar surface area (TPSA) is 18.0 Å². The maximum absolute atomic E-state index is 2.45. The van der Waals surface area contributed by atoms with Crippen molar-refractivity contribution in [3.63, 3.8) is 0 Å². The molecule has 4 nitrogen and oxygen atoms in total. The van der Waals surface area contributed by atoms with E-state index in [1.165, 1.54) is 65.4 Å². The number of nitrogens with zero attached hydrogens (tertiary/aromatic N) is 4. The maximum atomic E-state index is 2.45. The molecular weight excluding hydrogens is 777 g/mol. The molecule has 0 bridgehead atoms. The minimum atomic E-state index is 1.08. The molecule has 300 valence electrons. The summed E-state index contributed by atoms with van der Waals surface area (Å²) in [5.74, 6) is 0. The van der Waals surface area contributed by atoms with E-state index in [9.17, 15) is 0 Å². The highest BCUT2D eigenvalue weighted by Crippen LogP contribution is 2.42. The van der Waals surface area contributed by atoms with E-state index in [4.69, 9.17) is 0 Å². The molecule has 0 atom stereocenters. The Morgan fingerprint density at radius 1 is 0.250 bits per heavy atom. The average Bonchev–Trinajstić information content (AvgIpc) is 4.00. The van der Waals surface area contributed by atoms with Gasteiger partial charge in [0.1, 0.15) is 0 Å². The van der Waals surface area contributed by atoms with Gasteiger partial charge in [-0.15, -0.1) is 0 Å². The van der Waals surface area contributed by atoms with Crippen molar-refractivity contribution in [3.8, 4) is 28.2 Å².